The molecule has 1 unspecified atom stereocenters. The molecule has 1 N–H and O–H groups in total. The van der Waals surface area contributed by atoms with Gasteiger partial charge in [0, 0.05) is 31.5 Å². The Kier molecular flexibility index (Phi) is 6.05. The summed E-state index contributed by atoms with van der Waals surface area (Å²) in [5, 5.41) is 0. The SMILES string of the molecule is Cc1ccc(S(=O)(=O)Nc2ccc(C(=O)N(C)CC3CCCO3)cc2)cc1C. The number of likely N-dealkylation sites (N-methyl/N-ethyl adjacent to an activating group) is 1. The number of ether oxygens (including phenoxy) is 1. The van der Waals surface area contributed by atoms with Crippen molar-refractivity contribution in [2.24, 2.45) is 0 Å². The summed E-state index contributed by atoms with van der Waals surface area (Å²) >= 11 is 0. The highest BCUT2D eigenvalue weighted by atomic mass is 32.2. The van der Waals surface area contributed by atoms with Crippen molar-refractivity contribution in [2.75, 3.05) is 24.9 Å². The lowest BCUT2D eigenvalue weighted by molar-refractivity contribution is 0.0587. The normalized spacial score (nSPS) is 16.8. The van der Waals surface area contributed by atoms with Gasteiger partial charge < -0.3 is 9.64 Å². The topological polar surface area (TPSA) is 75.7 Å². The number of nitrogens with zero attached hydrogens (tertiary/aromatic N) is 1. The van der Waals surface area contributed by atoms with E-state index < -0.39 is 10.0 Å². The van der Waals surface area contributed by atoms with Crippen LogP contribution in [0.15, 0.2) is 47.4 Å². The average molecular weight is 403 g/mol. The fourth-order valence-electron chi connectivity index (χ4n) is 3.17. The zero-order valence-corrected chi connectivity index (χ0v) is 17.3. The van der Waals surface area contributed by atoms with Gasteiger partial charge in [0.2, 0.25) is 0 Å². The number of nitrogens with one attached hydrogen (secondary N) is 1. The van der Waals surface area contributed by atoms with Gasteiger partial charge in [0.15, 0.2) is 0 Å². The van der Waals surface area contributed by atoms with Gasteiger partial charge in [-0.25, -0.2) is 8.42 Å². The van der Waals surface area contributed by atoms with E-state index in [9.17, 15) is 13.2 Å². The smallest absolute Gasteiger partial charge is 0.261 e. The third-order valence-electron chi connectivity index (χ3n) is 5.02. The third kappa shape index (κ3) is 4.72. The number of aryl methyl sites for hydroxylation is 2. The molecule has 1 heterocycles. The molecule has 1 aliphatic heterocycles. The molecular weight excluding hydrogens is 376 g/mol. The molecule has 1 atom stereocenters. The second-order valence-corrected chi connectivity index (χ2v) is 8.93. The van der Waals surface area contributed by atoms with Crippen molar-refractivity contribution in [3.05, 3.63) is 59.2 Å². The van der Waals surface area contributed by atoms with Crippen LogP contribution in [0.2, 0.25) is 0 Å². The standard InChI is InChI=1S/C21H26N2O4S/c1-15-6-11-20(13-16(15)2)28(25,26)22-18-9-7-17(8-10-18)21(24)23(3)14-19-5-4-12-27-19/h6-11,13,19,22H,4-5,12,14H2,1-3H3. The van der Waals surface area contributed by atoms with Crippen LogP contribution in [-0.4, -0.2) is 45.5 Å². The molecule has 28 heavy (non-hydrogen) atoms. The van der Waals surface area contributed by atoms with Crippen LogP contribution in [0.4, 0.5) is 5.69 Å². The Labute approximate surface area is 166 Å². The summed E-state index contributed by atoms with van der Waals surface area (Å²) in [4.78, 5) is 14.4. The van der Waals surface area contributed by atoms with Crippen molar-refractivity contribution in [3.8, 4) is 0 Å². The van der Waals surface area contributed by atoms with Crippen LogP contribution in [0.3, 0.4) is 0 Å². The summed E-state index contributed by atoms with van der Waals surface area (Å²) in [6.07, 6.45) is 2.09. The minimum atomic E-state index is -3.68. The van der Waals surface area contributed by atoms with Gasteiger partial charge in [0.25, 0.3) is 15.9 Å². The van der Waals surface area contributed by atoms with Crippen molar-refractivity contribution in [1.82, 2.24) is 4.90 Å². The largest absolute Gasteiger partial charge is 0.376 e. The van der Waals surface area contributed by atoms with E-state index in [1.165, 1.54) is 0 Å². The van der Waals surface area contributed by atoms with E-state index >= 15 is 0 Å². The minimum Gasteiger partial charge on any atom is -0.376 e. The van der Waals surface area contributed by atoms with Gasteiger partial charge in [-0.05, 0) is 74.2 Å². The average Bonchev–Trinajstić information content (AvgIpc) is 3.16. The summed E-state index contributed by atoms with van der Waals surface area (Å²) in [6, 6.07) is 11.5. The second kappa shape index (κ2) is 8.32. The summed E-state index contributed by atoms with van der Waals surface area (Å²) < 4.78 is 33.3. The number of amides is 1. The van der Waals surface area contributed by atoms with Crippen LogP contribution in [0, 0.1) is 13.8 Å². The lowest BCUT2D eigenvalue weighted by atomic mass is 10.1. The lowest BCUT2D eigenvalue weighted by Crippen LogP contribution is -2.34. The fourth-order valence-corrected chi connectivity index (χ4v) is 4.32. The van der Waals surface area contributed by atoms with Gasteiger partial charge in [-0.1, -0.05) is 6.07 Å². The van der Waals surface area contributed by atoms with Crippen LogP contribution < -0.4 is 4.72 Å². The maximum absolute atomic E-state index is 12.6. The molecule has 2 aromatic carbocycles. The van der Waals surface area contributed by atoms with Gasteiger partial charge in [0.1, 0.15) is 0 Å². The molecule has 0 saturated carbocycles. The van der Waals surface area contributed by atoms with E-state index in [1.54, 1.807) is 54.4 Å². The second-order valence-electron chi connectivity index (χ2n) is 7.25. The number of hydrogen-bond donors (Lipinski definition) is 1. The monoisotopic (exact) mass is 402 g/mol. The predicted octanol–water partition coefficient (Wildman–Crippen LogP) is 3.36. The number of sulfonamides is 1. The quantitative estimate of drug-likeness (QED) is 0.804. The number of hydrogen-bond acceptors (Lipinski definition) is 4. The van der Waals surface area contributed by atoms with E-state index in [4.69, 9.17) is 4.74 Å². The van der Waals surface area contributed by atoms with E-state index in [-0.39, 0.29) is 16.9 Å². The van der Waals surface area contributed by atoms with E-state index in [1.807, 2.05) is 13.8 Å². The fraction of sp³-hybridized carbons (Fsp3) is 0.381. The van der Waals surface area contributed by atoms with Crippen LogP contribution in [0.25, 0.3) is 0 Å². The molecule has 0 aliphatic carbocycles. The molecule has 6 nitrogen and oxygen atoms in total. The Hall–Kier alpha value is -2.38. The molecule has 1 saturated heterocycles. The van der Waals surface area contributed by atoms with Gasteiger partial charge in [0.05, 0.1) is 11.0 Å². The molecular formula is C21H26N2O4S. The number of benzene rings is 2. The van der Waals surface area contributed by atoms with Crippen molar-refractivity contribution in [3.63, 3.8) is 0 Å². The molecule has 1 aliphatic rings. The molecule has 150 valence electrons. The third-order valence-corrected chi connectivity index (χ3v) is 6.40. The van der Waals surface area contributed by atoms with Crippen LogP contribution in [0.5, 0.6) is 0 Å². The Morgan fingerprint density at radius 2 is 1.86 bits per heavy atom. The van der Waals surface area contributed by atoms with Gasteiger partial charge in [-0.2, -0.15) is 0 Å². The van der Waals surface area contributed by atoms with Crippen molar-refractivity contribution >= 4 is 21.6 Å². The Morgan fingerprint density at radius 1 is 1.14 bits per heavy atom. The predicted molar refractivity (Wildman–Crippen MR) is 109 cm³/mol. The number of carbonyl (C=O) groups excluding carboxylic acids is 1. The zero-order chi connectivity index (χ0) is 20.3. The number of rotatable bonds is 6. The van der Waals surface area contributed by atoms with Crippen molar-refractivity contribution < 1.29 is 17.9 Å². The molecule has 3 rings (SSSR count). The summed E-state index contributed by atoms with van der Waals surface area (Å²) in [6.45, 7) is 5.12. The van der Waals surface area contributed by atoms with Gasteiger partial charge >= 0.3 is 0 Å². The lowest BCUT2D eigenvalue weighted by Gasteiger charge is -2.21. The van der Waals surface area contributed by atoms with Gasteiger partial charge in [-0.15, -0.1) is 0 Å². The molecule has 2 aromatic rings. The van der Waals surface area contributed by atoms with E-state index in [0.717, 1.165) is 30.6 Å². The molecule has 0 spiro atoms. The Balaban J connectivity index is 1.67. The molecule has 0 aromatic heterocycles. The highest BCUT2D eigenvalue weighted by Gasteiger charge is 2.21. The first-order chi connectivity index (χ1) is 13.3. The van der Waals surface area contributed by atoms with Crippen LogP contribution in [0.1, 0.15) is 34.3 Å². The highest BCUT2D eigenvalue weighted by molar-refractivity contribution is 7.92. The number of anilines is 1. The molecule has 0 radical (unpaired) electrons. The highest BCUT2D eigenvalue weighted by Crippen LogP contribution is 2.20. The molecule has 1 amide bonds. The van der Waals surface area contributed by atoms with Crippen LogP contribution in [-0.2, 0) is 14.8 Å². The first-order valence-corrected chi connectivity index (χ1v) is 10.8. The molecule has 7 heteroatoms. The first kappa shape index (κ1) is 20.4. The minimum absolute atomic E-state index is 0.0954. The number of carbonyl (C=O) groups is 1. The molecule has 1 fully saturated rings. The van der Waals surface area contributed by atoms with Crippen molar-refractivity contribution in [2.45, 2.75) is 37.7 Å². The van der Waals surface area contributed by atoms with E-state index in [2.05, 4.69) is 4.72 Å². The summed E-state index contributed by atoms with van der Waals surface area (Å²) in [7, 11) is -1.93. The van der Waals surface area contributed by atoms with E-state index in [0.29, 0.717) is 17.8 Å². The van der Waals surface area contributed by atoms with Gasteiger partial charge in [-0.3, -0.25) is 9.52 Å². The molecule has 0 bridgehead atoms. The maximum Gasteiger partial charge on any atom is 0.261 e. The zero-order valence-electron chi connectivity index (χ0n) is 16.4. The first-order valence-electron chi connectivity index (χ1n) is 9.33. The Bertz CT molecular complexity index is 949. The maximum atomic E-state index is 12.6. The Morgan fingerprint density at radius 3 is 2.46 bits per heavy atom. The summed E-state index contributed by atoms with van der Waals surface area (Å²) in [5.41, 5.74) is 2.87. The van der Waals surface area contributed by atoms with Crippen molar-refractivity contribution in [1.29, 1.82) is 0 Å². The summed E-state index contributed by atoms with van der Waals surface area (Å²) in [5.74, 6) is -0.112. The van der Waals surface area contributed by atoms with Crippen LogP contribution >= 0.6 is 0 Å².